The average Bonchev–Trinajstić information content (AvgIpc) is 2.93. The van der Waals surface area contributed by atoms with Crippen LogP contribution in [0.25, 0.3) is 0 Å². The molecule has 0 bridgehead atoms. The summed E-state index contributed by atoms with van der Waals surface area (Å²) in [5, 5.41) is 0. The van der Waals surface area contributed by atoms with Crippen LogP contribution < -0.4 is 9.47 Å². The van der Waals surface area contributed by atoms with Crippen LogP contribution in [0.4, 0.5) is 8.78 Å². The van der Waals surface area contributed by atoms with Crippen molar-refractivity contribution in [1.29, 1.82) is 0 Å². The number of carbonyl (C=O) groups is 1. The van der Waals surface area contributed by atoms with Crippen molar-refractivity contribution in [1.82, 2.24) is 9.55 Å². The summed E-state index contributed by atoms with van der Waals surface area (Å²) in [6.07, 6.45) is 2.46. The average molecular weight is 296 g/mol. The fourth-order valence-corrected chi connectivity index (χ4v) is 1.78. The van der Waals surface area contributed by atoms with Gasteiger partial charge >= 0.3 is 6.55 Å². The second kappa shape index (κ2) is 6.34. The van der Waals surface area contributed by atoms with E-state index in [1.807, 2.05) is 0 Å². The molecule has 1 aromatic heterocycles. The van der Waals surface area contributed by atoms with Crippen molar-refractivity contribution in [3.8, 4) is 11.5 Å². The first-order valence-electron chi connectivity index (χ1n) is 6.14. The molecule has 1 aromatic carbocycles. The maximum Gasteiger partial charge on any atom is 0.320 e. The molecule has 1 heterocycles. The van der Waals surface area contributed by atoms with E-state index in [4.69, 9.17) is 9.47 Å². The van der Waals surface area contributed by atoms with Gasteiger partial charge in [-0.15, -0.1) is 0 Å². The maximum absolute atomic E-state index is 12.7. The van der Waals surface area contributed by atoms with Gasteiger partial charge in [0.1, 0.15) is 6.61 Å². The highest BCUT2D eigenvalue weighted by molar-refractivity contribution is 5.94. The Kier molecular flexibility index (Phi) is 4.52. The third-order valence-corrected chi connectivity index (χ3v) is 2.89. The van der Waals surface area contributed by atoms with E-state index in [9.17, 15) is 13.6 Å². The largest absolute Gasteiger partial charge is 0.493 e. The summed E-state index contributed by atoms with van der Waals surface area (Å²) >= 11 is 0. The number of imidazole rings is 1. The predicted molar refractivity (Wildman–Crippen MR) is 70.8 cm³/mol. The molecule has 0 atom stereocenters. The Bertz CT molecular complexity index is 641. The van der Waals surface area contributed by atoms with E-state index in [1.54, 1.807) is 12.1 Å². The highest BCUT2D eigenvalue weighted by Crippen LogP contribution is 2.29. The van der Waals surface area contributed by atoms with Gasteiger partial charge in [0.15, 0.2) is 23.1 Å². The van der Waals surface area contributed by atoms with Gasteiger partial charge in [0, 0.05) is 18.0 Å². The molecule has 0 aliphatic carbocycles. The Hall–Kier alpha value is -2.44. The number of hydrogen-bond donors (Lipinski definition) is 0. The first-order valence-corrected chi connectivity index (χ1v) is 6.14. The standard InChI is InChI=1S/C14H14F2N2O3/c1-9(19)10-3-4-11(12(7-10)20-2)21-8-13-17-5-6-18(13)14(15)16/h3-7,14H,8H2,1-2H3. The third kappa shape index (κ3) is 3.36. The van der Waals surface area contributed by atoms with E-state index in [0.29, 0.717) is 17.1 Å². The monoisotopic (exact) mass is 296 g/mol. The molecule has 7 heteroatoms. The van der Waals surface area contributed by atoms with Gasteiger partial charge in [0.2, 0.25) is 0 Å². The van der Waals surface area contributed by atoms with Gasteiger partial charge in [-0.2, -0.15) is 8.78 Å². The van der Waals surface area contributed by atoms with Crippen molar-refractivity contribution < 1.29 is 23.0 Å². The molecule has 0 fully saturated rings. The summed E-state index contributed by atoms with van der Waals surface area (Å²) < 4.78 is 36.7. The van der Waals surface area contributed by atoms with Crippen LogP contribution in [-0.4, -0.2) is 22.4 Å². The minimum atomic E-state index is -2.67. The Morgan fingerprint density at radius 3 is 2.76 bits per heavy atom. The Morgan fingerprint density at radius 2 is 2.14 bits per heavy atom. The Morgan fingerprint density at radius 1 is 1.38 bits per heavy atom. The number of ether oxygens (including phenoxy) is 2. The zero-order valence-corrected chi connectivity index (χ0v) is 11.5. The van der Waals surface area contributed by atoms with E-state index in [0.717, 1.165) is 4.57 Å². The van der Waals surface area contributed by atoms with Gasteiger partial charge < -0.3 is 9.47 Å². The molecule has 2 rings (SSSR count). The fourth-order valence-electron chi connectivity index (χ4n) is 1.78. The lowest BCUT2D eigenvalue weighted by Crippen LogP contribution is -2.08. The van der Waals surface area contributed by atoms with Crippen LogP contribution in [0.15, 0.2) is 30.6 Å². The van der Waals surface area contributed by atoms with Crippen molar-refractivity contribution in [2.75, 3.05) is 7.11 Å². The maximum atomic E-state index is 12.7. The van der Waals surface area contributed by atoms with Gasteiger partial charge in [-0.3, -0.25) is 9.36 Å². The molecule has 0 aliphatic rings. The van der Waals surface area contributed by atoms with Gasteiger partial charge in [-0.1, -0.05) is 0 Å². The molecule has 2 aromatic rings. The molecular weight excluding hydrogens is 282 g/mol. The van der Waals surface area contributed by atoms with E-state index in [1.165, 1.54) is 32.5 Å². The lowest BCUT2D eigenvalue weighted by Gasteiger charge is -2.12. The van der Waals surface area contributed by atoms with Crippen LogP contribution in [0.3, 0.4) is 0 Å². The number of Topliss-reactive ketones (excluding diaryl/α,β-unsaturated/α-hetero) is 1. The number of rotatable bonds is 6. The van der Waals surface area contributed by atoms with Crippen molar-refractivity contribution in [2.24, 2.45) is 0 Å². The van der Waals surface area contributed by atoms with Gasteiger partial charge in [0.05, 0.1) is 7.11 Å². The molecule has 21 heavy (non-hydrogen) atoms. The predicted octanol–water partition coefficient (Wildman–Crippen LogP) is 3.07. The number of alkyl halides is 2. The van der Waals surface area contributed by atoms with Crippen LogP contribution in [0, 0.1) is 0 Å². The van der Waals surface area contributed by atoms with Crippen LogP contribution in [-0.2, 0) is 6.61 Å². The van der Waals surface area contributed by atoms with Crippen molar-refractivity contribution >= 4 is 5.78 Å². The molecule has 0 N–H and O–H groups in total. The molecular formula is C14H14F2N2O3. The SMILES string of the molecule is COc1cc(C(C)=O)ccc1OCc1nccn1C(F)F. The summed E-state index contributed by atoms with van der Waals surface area (Å²) in [5.41, 5.74) is 0.480. The van der Waals surface area contributed by atoms with Crippen LogP contribution in [0.2, 0.25) is 0 Å². The van der Waals surface area contributed by atoms with Crippen molar-refractivity contribution in [3.05, 3.63) is 42.0 Å². The van der Waals surface area contributed by atoms with E-state index < -0.39 is 6.55 Å². The highest BCUT2D eigenvalue weighted by atomic mass is 19.3. The molecule has 0 unspecified atom stereocenters. The number of carbonyl (C=O) groups excluding carboxylic acids is 1. The second-order valence-electron chi connectivity index (χ2n) is 4.24. The lowest BCUT2D eigenvalue weighted by molar-refractivity contribution is 0.0631. The van der Waals surface area contributed by atoms with Crippen LogP contribution in [0.5, 0.6) is 11.5 Å². The second-order valence-corrected chi connectivity index (χ2v) is 4.24. The minimum absolute atomic E-state index is 0.0997. The number of ketones is 1. The van der Waals surface area contributed by atoms with Crippen molar-refractivity contribution in [3.63, 3.8) is 0 Å². The Balaban J connectivity index is 2.16. The van der Waals surface area contributed by atoms with Gasteiger partial charge in [0.25, 0.3) is 0 Å². The van der Waals surface area contributed by atoms with Crippen LogP contribution >= 0.6 is 0 Å². The zero-order chi connectivity index (χ0) is 15.4. The summed E-state index contributed by atoms with van der Waals surface area (Å²) in [7, 11) is 1.44. The summed E-state index contributed by atoms with van der Waals surface area (Å²) in [6.45, 7) is -1.37. The van der Waals surface area contributed by atoms with E-state index in [-0.39, 0.29) is 18.2 Å². The van der Waals surface area contributed by atoms with E-state index >= 15 is 0 Å². The first kappa shape index (κ1) is 15.0. The number of methoxy groups -OCH3 is 1. The smallest absolute Gasteiger partial charge is 0.320 e. The third-order valence-electron chi connectivity index (χ3n) is 2.89. The van der Waals surface area contributed by atoms with Crippen molar-refractivity contribution in [2.45, 2.75) is 20.1 Å². The summed E-state index contributed by atoms with van der Waals surface area (Å²) in [5.74, 6) is 0.708. The van der Waals surface area contributed by atoms with Gasteiger partial charge in [-0.25, -0.2) is 4.98 Å². The normalized spacial score (nSPS) is 10.7. The van der Waals surface area contributed by atoms with E-state index in [2.05, 4.69) is 4.98 Å². The molecule has 0 spiro atoms. The molecule has 0 saturated heterocycles. The van der Waals surface area contributed by atoms with Gasteiger partial charge in [-0.05, 0) is 25.1 Å². The molecule has 112 valence electrons. The molecule has 5 nitrogen and oxygen atoms in total. The topological polar surface area (TPSA) is 53.4 Å². The lowest BCUT2D eigenvalue weighted by atomic mass is 10.1. The first-order chi connectivity index (χ1) is 10.0. The highest BCUT2D eigenvalue weighted by Gasteiger charge is 2.13. The molecule has 0 saturated carbocycles. The number of halogens is 2. The summed E-state index contributed by atoms with van der Waals surface area (Å²) in [6, 6.07) is 4.68. The fraction of sp³-hybridized carbons (Fsp3) is 0.286. The number of nitrogens with zero attached hydrogens (tertiary/aromatic N) is 2. The summed E-state index contributed by atoms with van der Waals surface area (Å²) in [4.78, 5) is 15.1. The molecule has 0 radical (unpaired) electrons. The molecule has 0 amide bonds. The quantitative estimate of drug-likeness (QED) is 0.769. The number of hydrogen-bond acceptors (Lipinski definition) is 4. The molecule has 0 aliphatic heterocycles. The number of aromatic nitrogens is 2. The zero-order valence-electron chi connectivity index (χ0n) is 11.5. The Labute approximate surface area is 120 Å². The van der Waals surface area contributed by atoms with Crippen LogP contribution in [0.1, 0.15) is 29.7 Å². The minimum Gasteiger partial charge on any atom is -0.493 e. The number of benzene rings is 1.